The average Bonchev–Trinajstić information content (AvgIpc) is 3.63. The molecule has 6 heteroatoms. The van der Waals surface area contributed by atoms with Gasteiger partial charge in [0.25, 0.3) is 0 Å². The molecule has 6 nitrogen and oxygen atoms in total. The van der Waals surface area contributed by atoms with Crippen molar-refractivity contribution in [2.45, 2.75) is 19.8 Å². The minimum absolute atomic E-state index is 0.841. The number of H-pyrrole nitrogens is 3. The first-order valence-electron chi connectivity index (χ1n) is 12.3. The summed E-state index contributed by atoms with van der Waals surface area (Å²) in [4.78, 5) is 24.8. The van der Waals surface area contributed by atoms with E-state index in [4.69, 9.17) is 9.97 Å². The highest BCUT2D eigenvalue weighted by Gasteiger charge is 2.12. The van der Waals surface area contributed by atoms with Crippen LogP contribution in [-0.4, -0.2) is 29.9 Å². The van der Waals surface area contributed by atoms with Gasteiger partial charge in [0.15, 0.2) is 0 Å². The third-order valence-corrected chi connectivity index (χ3v) is 6.64. The first-order valence-corrected chi connectivity index (χ1v) is 12.3. The van der Waals surface area contributed by atoms with Crippen LogP contribution in [-0.2, 0) is 6.42 Å². The van der Waals surface area contributed by atoms with E-state index in [1.807, 2.05) is 12.1 Å². The van der Waals surface area contributed by atoms with E-state index in [9.17, 15) is 0 Å². The Balaban J connectivity index is 1.23. The lowest BCUT2D eigenvalue weighted by Gasteiger charge is -2.00. The molecule has 4 aromatic carbocycles. The number of fused-ring (bicyclic) bond motifs is 3. The van der Waals surface area contributed by atoms with Crippen molar-refractivity contribution >= 4 is 33.1 Å². The molecule has 7 aromatic rings. The Morgan fingerprint density at radius 1 is 0.528 bits per heavy atom. The molecule has 3 heterocycles. The van der Waals surface area contributed by atoms with Gasteiger partial charge < -0.3 is 15.0 Å². The Kier molecular flexibility index (Phi) is 4.70. The molecule has 7 rings (SSSR count). The second-order valence-corrected chi connectivity index (χ2v) is 9.17. The zero-order valence-electron chi connectivity index (χ0n) is 19.8. The SMILES string of the molecule is CCCc1nc2ccc(-c3nc4ccc(-c5nc6ccc(-c7ccccc7)cc6[nH]5)cc4[nH]3)cc2[nH]1. The molecule has 174 valence electrons. The van der Waals surface area contributed by atoms with E-state index in [2.05, 4.69) is 99.7 Å². The first kappa shape index (κ1) is 20.6. The van der Waals surface area contributed by atoms with Crippen molar-refractivity contribution in [2.24, 2.45) is 0 Å². The predicted molar refractivity (Wildman–Crippen MR) is 146 cm³/mol. The summed E-state index contributed by atoms with van der Waals surface area (Å²) in [7, 11) is 0. The highest BCUT2D eigenvalue weighted by molar-refractivity contribution is 5.88. The molecule has 0 aliphatic rings. The Hall–Kier alpha value is -4.71. The largest absolute Gasteiger partial charge is 0.342 e. The molecule has 3 aromatic heterocycles. The maximum Gasteiger partial charge on any atom is 0.138 e. The highest BCUT2D eigenvalue weighted by atomic mass is 14.9. The third kappa shape index (κ3) is 3.55. The van der Waals surface area contributed by atoms with Crippen LogP contribution in [0.4, 0.5) is 0 Å². The molecule has 0 atom stereocenters. The molecule has 36 heavy (non-hydrogen) atoms. The quantitative estimate of drug-likeness (QED) is 0.248. The molecule has 0 unspecified atom stereocenters. The monoisotopic (exact) mass is 468 g/mol. The molecule has 0 saturated heterocycles. The maximum atomic E-state index is 4.84. The number of nitrogens with zero attached hydrogens (tertiary/aromatic N) is 3. The molecule has 0 saturated carbocycles. The molecule has 0 amide bonds. The third-order valence-electron chi connectivity index (χ3n) is 6.64. The average molecular weight is 469 g/mol. The zero-order valence-corrected chi connectivity index (χ0v) is 19.8. The topological polar surface area (TPSA) is 86.0 Å². The molecular weight excluding hydrogens is 444 g/mol. The van der Waals surface area contributed by atoms with Crippen molar-refractivity contribution in [3.63, 3.8) is 0 Å². The van der Waals surface area contributed by atoms with Gasteiger partial charge in [0, 0.05) is 17.5 Å². The van der Waals surface area contributed by atoms with Crippen molar-refractivity contribution in [1.29, 1.82) is 0 Å². The van der Waals surface area contributed by atoms with Crippen LogP contribution in [0.15, 0.2) is 84.9 Å². The van der Waals surface area contributed by atoms with Gasteiger partial charge in [0.1, 0.15) is 17.5 Å². The van der Waals surface area contributed by atoms with E-state index >= 15 is 0 Å². The number of nitrogens with one attached hydrogen (secondary N) is 3. The van der Waals surface area contributed by atoms with Crippen LogP contribution >= 0.6 is 0 Å². The molecular formula is C30H24N6. The first-order chi connectivity index (χ1) is 17.7. The van der Waals surface area contributed by atoms with Gasteiger partial charge in [-0.1, -0.05) is 43.3 Å². The number of hydrogen-bond donors (Lipinski definition) is 3. The van der Waals surface area contributed by atoms with Crippen LogP contribution in [0.25, 0.3) is 67.0 Å². The fraction of sp³-hybridized carbons (Fsp3) is 0.100. The van der Waals surface area contributed by atoms with Gasteiger partial charge in [0.05, 0.1) is 33.1 Å². The van der Waals surface area contributed by atoms with Gasteiger partial charge in [-0.15, -0.1) is 0 Å². The van der Waals surface area contributed by atoms with Crippen LogP contribution in [0.1, 0.15) is 19.2 Å². The molecule has 0 fully saturated rings. The fourth-order valence-corrected chi connectivity index (χ4v) is 4.82. The molecule has 0 aliphatic heterocycles. The van der Waals surface area contributed by atoms with Crippen molar-refractivity contribution in [1.82, 2.24) is 29.9 Å². The summed E-state index contributed by atoms with van der Waals surface area (Å²) in [6.07, 6.45) is 2.02. The number of aromatic amines is 3. The van der Waals surface area contributed by atoms with Crippen molar-refractivity contribution in [2.75, 3.05) is 0 Å². The van der Waals surface area contributed by atoms with Crippen LogP contribution < -0.4 is 0 Å². The van der Waals surface area contributed by atoms with E-state index in [1.54, 1.807) is 0 Å². The molecule has 0 radical (unpaired) electrons. The van der Waals surface area contributed by atoms with Crippen LogP contribution in [0.3, 0.4) is 0 Å². The summed E-state index contributed by atoms with van der Waals surface area (Å²) in [6, 6.07) is 29.2. The predicted octanol–water partition coefficient (Wildman–Crippen LogP) is 7.27. The normalized spacial score (nSPS) is 11.7. The van der Waals surface area contributed by atoms with Gasteiger partial charge in [0.2, 0.25) is 0 Å². The van der Waals surface area contributed by atoms with Crippen molar-refractivity contribution in [3.8, 4) is 33.9 Å². The summed E-state index contributed by atoms with van der Waals surface area (Å²) < 4.78 is 0. The van der Waals surface area contributed by atoms with Gasteiger partial charge >= 0.3 is 0 Å². The van der Waals surface area contributed by atoms with E-state index in [1.165, 1.54) is 11.1 Å². The number of aromatic nitrogens is 6. The van der Waals surface area contributed by atoms with Crippen LogP contribution in [0.5, 0.6) is 0 Å². The number of hydrogen-bond acceptors (Lipinski definition) is 3. The van der Waals surface area contributed by atoms with Crippen molar-refractivity contribution < 1.29 is 0 Å². The smallest absolute Gasteiger partial charge is 0.138 e. The maximum absolute atomic E-state index is 4.84. The lowest BCUT2D eigenvalue weighted by Crippen LogP contribution is -1.84. The van der Waals surface area contributed by atoms with E-state index in [0.29, 0.717) is 0 Å². The summed E-state index contributed by atoms with van der Waals surface area (Å²) >= 11 is 0. The lowest BCUT2D eigenvalue weighted by molar-refractivity contribution is 0.861. The summed E-state index contributed by atoms with van der Waals surface area (Å²) in [5, 5.41) is 0. The number of rotatable bonds is 5. The molecule has 3 N–H and O–H groups in total. The van der Waals surface area contributed by atoms with Gasteiger partial charge in [-0.25, -0.2) is 15.0 Å². The standard InChI is InChI=1S/C30H24N6/c1-2-6-28-31-22-13-10-20(16-25(22)32-28)29-34-24-14-11-21(17-27(24)36-29)30-33-23-12-9-19(15-26(23)35-30)18-7-4-3-5-8-18/h3-5,7-17H,2,6H2,1H3,(H,31,32)(H,33,35)(H,34,36). The lowest BCUT2D eigenvalue weighted by atomic mass is 10.1. The van der Waals surface area contributed by atoms with Crippen molar-refractivity contribution in [3.05, 3.63) is 90.8 Å². The second-order valence-electron chi connectivity index (χ2n) is 9.17. The Labute approximate surface area is 207 Å². The minimum Gasteiger partial charge on any atom is -0.342 e. The second kappa shape index (κ2) is 8.20. The molecule has 0 spiro atoms. The summed E-state index contributed by atoms with van der Waals surface area (Å²) in [6.45, 7) is 2.16. The Bertz CT molecular complexity index is 1860. The number of aryl methyl sites for hydroxylation is 1. The molecule has 0 bridgehead atoms. The van der Waals surface area contributed by atoms with Gasteiger partial charge in [-0.3, -0.25) is 0 Å². The van der Waals surface area contributed by atoms with E-state index in [-0.39, 0.29) is 0 Å². The van der Waals surface area contributed by atoms with E-state index in [0.717, 1.165) is 74.5 Å². The number of imidazole rings is 3. The minimum atomic E-state index is 0.841. The van der Waals surface area contributed by atoms with Crippen LogP contribution in [0, 0.1) is 0 Å². The van der Waals surface area contributed by atoms with Gasteiger partial charge in [-0.05, 0) is 66.1 Å². The summed E-state index contributed by atoms with van der Waals surface area (Å²) in [5.41, 5.74) is 10.3. The number of benzene rings is 4. The fourth-order valence-electron chi connectivity index (χ4n) is 4.82. The van der Waals surface area contributed by atoms with E-state index < -0.39 is 0 Å². The molecule has 0 aliphatic carbocycles. The Morgan fingerprint density at radius 2 is 1.06 bits per heavy atom. The van der Waals surface area contributed by atoms with Crippen LogP contribution in [0.2, 0.25) is 0 Å². The summed E-state index contributed by atoms with van der Waals surface area (Å²) in [5.74, 6) is 2.71. The van der Waals surface area contributed by atoms with Gasteiger partial charge in [-0.2, -0.15) is 0 Å². The zero-order chi connectivity index (χ0) is 24.1. The highest BCUT2D eigenvalue weighted by Crippen LogP contribution is 2.29. The Morgan fingerprint density at radius 3 is 1.67 bits per heavy atom.